The molecule has 8 nitrogen and oxygen atoms in total. The maximum atomic E-state index is 12.7. The Kier molecular flexibility index (Phi) is 6.26. The molecule has 176 valence electrons. The third-order valence-corrected chi connectivity index (χ3v) is 6.55. The van der Waals surface area contributed by atoms with Gasteiger partial charge in [-0.2, -0.15) is 0 Å². The van der Waals surface area contributed by atoms with Gasteiger partial charge in [0, 0.05) is 41.8 Å². The molecule has 1 fully saturated rings. The van der Waals surface area contributed by atoms with Crippen molar-refractivity contribution >= 4 is 45.6 Å². The van der Waals surface area contributed by atoms with Gasteiger partial charge in [-0.1, -0.05) is 23.9 Å². The zero-order valence-electron chi connectivity index (χ0n) is 20.0. The van der Waals surface area contributed by atoms with E-state index in [1.807, 2.05) is 52.3 Å². The van der Waals surface area contributed by atoms with Crippen LogP contribution in [-0.2, 0) is 9.47 Å². The number of benzene rings is 1. The summed E-state index contributed by atoms with van der Waals surface area (Å²) in [5.41, 5.74) is 2.63. The lowest BCUT2D eigenvalue weighted by atomic mass is 10.0. The molecule has 0 aliphatic carbocycles. The number of hydrogen-bond acceptors (Lipinski definition) is 7. The van der Waals surface area contributed by atoms with E-state index in [0.29, 0.717) is 23.8 Å². The van der Waals surface area contributed by atoms with Gasteiger partial charge in [0.1, 0.15) is 5.60 Å². The minimum absolute atomic E-state index is 0.114. The van der Waals surface area contributed by atoms with Crippen LogP contribution in [0.5, 0.6) is 0 Å². The van der Waals surface area contributed by atoms with E-state index in [1.54, 1.807) is 4.90 Å². The normalized spacial score (nSPS) is 15.3. The van der Waals surface area contributed by atoms with E-state index in [9.17, 15) is 9.59 Å². The molecule has 1 aliphatic heterocycles. The molecule has 0 atom stereocenters. The van der Waals surface area contributed by atoms with Crippen molar-refractivity contribution in [2.75, 3.05) is 26.5 Å². The third-order valence-electron chi connectivity index (χ3n) is 5.99. The largest absolute Gasteiger partial charge is 0.465 e. The highest BCUT2D eigenvalue weighted by molar-refractivity contribution is 7.98. The van der Waals surface area contributed by atoms with Crippen molar-refractivity contribution in [3.05, 3.63) is 29.6 Å². The van der Waals surface area contributed by atoms with Crippen LogP contribution in [0, 0.1) is 6.92 Å². The van der Waals surface area contributed by atoms with Gasteiger partial charge < -0.3 is 18.9 Å². The second-order valence-electron chi connectivity index (χ2n) is 9.28. The summed E-state index contributed by atoms with van der Waals surface area (Å²) in [6, 6.07) is 4.01. The van der Waals surface area contributed by atoms with Gasteiger partial charge in [-0.15, -0.1) is 0 Å². The van der Waals surface area contributed by atoms with Gasteiger partial charge in [0.05, 0.1) is 23.7 Å². The molecule has 0 radical (unpaired) electrons. The van der Waals surface area contributed by atoms with Crippen molar-refractivity contribution in [1.82, 2.24) is 19.4 Å². The van der Waals surface area contributed by atoms with E-state index >= 15 is 0 Å². The van der Waals surface area contributed by atoms with Gasteiger partial charge in [-0.05, 0) is 46.8 Å². The van der Waals surface area contributed by atoms with Crippen LogP contribution in [0.15, 0.2) is 23.5 Å². The van der Waals surface area contributed by atoms with Crippen LogP contribution in [0.4, 0.5) is 4.79 Å². The van der Waals surface area contributed by atoms with E-state index in [4.69, 9.17) is 14.5 Å². The number of carbonyl (C=O) groups is 2. The maximum absolute atomic E-state index is 12.7. The fourth-order valence-electron chi connectivity index (χ4n) is 4.54. The molecule has 1 amide bonds. The molecule has 9 heteroatoms. The Hall–Kier alpha value is -2.81. The first-order chi connectivity index (χ1) is 15.6. The topological polar surface area (TPSA) is 86.5 Å². The number of methoxy groups -OCH3 is 1. The number of ether oxygens (including phenoxy) is 2. The van der Waals surface area contributed by atoms with Crippen LogP contribution in [-0.4, -0.2) is 63.6 Å². The van der Waals surface area contributed by atoms with E-state index in [1.165, 1.54) is 18.9 Å². The highest BCUT2D eigenvalue weighted by atomic mass is 32.2. The smallest absolute Gasteiger partial charge is 0.410 e. The summed E-state index contributed by atoms with van der Waals surface area (Å²) < 4.78 is 12.9. The zero-order chi connectivity index (χ0) is 23.9. The molecule has 0 N–H and O–H groups in total. The Morgan fingerprint density at radius 2 is 1.88 bits per heavy atom. The average Bonchev–Trinajstić information content (AvgIpc) is 3.09. The second kappa shape index (κ2) is 8.85. The molecule has 1 aliphatic rings. The molecule has 4 rings (SSSR count). The summed E-state index contributed by atoms with van der Waals surface area (Å²) in [5, 5.41) is 2.42. The van der Waals surface area contributed by atoms with Crippen molar-refractivity contribution in [2.45, 2.75) is 57.3 Å². The van der Waals surface area contributed by atoms with Crippen molar-refractivity contribution < 1.29 is 19.1 Å². The van der Waals surface area contributed by atoms with Crippen molar-refractivity contribution in [3.63, 3.8) is 0 Å². The lowest BCUT2D eigenvalue weighted by Gasteiger charge is -2.35. The predicted octanol–water partition coefficient (Wildman–Crippen LogP) is 4.97. The third kappa shape index (κ3) is 4.38. The van der Waals surface area contributed by atoms with E-state index in [-0.39, 0.29) is 18.1 Å². The van der Waals surface area contributed by atoms with Crippen LogP contribution >= 0.6 is 11.8 Å². The number of aromatic nitrogens is 3. The quantitative estimate of drug-likeness (QED) is 0.303. The average molecular weight is 471 g/mol. The monoisotopic (exact) mass is 470 g/mol. The Balaban J connectivity index is 1.79. The Morgan fingerprint density at radius 1 is 1.18 bits per heavy atom. The highest BCUT2D eigenvalue weighted by Gasteiger charge is 2.31. The standard InChI is InChI=1S/C24H30N4O4S/c1-14-18(21(29)31-5)17-8-7-15-13-25-22(33-6)26-19(15)20(17)28(14)16-9-11-27(12-10-16)23(30)32-24(2,3)4/h7-8,13,16H,9-12H2,1-6H3. The minimum Gasteiger partial charge on any atom is -0.465 e. The van der Waals surface area contributed by atoms with E-state index in [2.05, 4.69) is 9.55 Å². The van der Waals surface area contributed by atoms with Crippen LogP contribution in [0.2, 0.25) is 0 Å². The Bertz CT molecular complexity index is 1220. The second-order valence-corrected chi connectivity index (χ2v) is 10.1. The molecule has 0 unspecified atom stereocenters. The van der Waals surface area contributed by atoms with Crippen LogP contribution < -0.4 is 0 Å². The summed E-state index contributed by atoms with van der Waals surface area (Å²) in [5.74, 6) is -0.360. The Labute approximate surface area is 197 Å². The van der Waals surface area contributed by atoms with Gasteiger partial charge in [0.15, 0.2) is 5.16 Å². The molecule has 3 aromatic rings. The number of amides is 1. The van der Waals surface area contributed by atoms with Crippen molar-refractivity contribution in [3.8, 4) is 0 Å². The van der Waals surface area contributed by atoms with Gasteiger partial charge in [-0.3, -0.25) is 0 Å². The number of likely N-dealkylation sites (tertiary alicyclic amines) is 1. The van der Waals surface area contributed by atoms with Crippen LogP contribution in [0.3, 0.4) is 0 Å². The summed E-state index contributed by atoms with van der Waals surface area (Å²) in [4.78, 5) is 36.2. The molecular weight excluding hydrogens is 440 g/mol. The first-order valence-corrected chi connectivity index (χ1v) is 12.3. The molecule has 0 bridgehead atoms. The summed E-state index contributed by atoms with van der Waals surface area (Å²) in [7, 11) is 1.40. The first kappa shape index (κ1) is 23.4. The van der Waals surface area contributed by atoms with Crippen molar-refractivity contribution in [2.24, 2.45) is 0 Å². The summed E-state index contributed by atoms with van der Waals surface area (Å²) in [6.45, 7) is 8.74. The van der Waals surface area contributed by atoms with Gasteiger partial charge >= 0.3 is 12.1 Å². The molecule has 1 aromatic carbocycles. The molecule has 1 saturated heterocycles. The molecule has 3 heterocycles. The zero-order valence-corrected chi connectivity index (χ0v) is 20.8. The summed E-state index contributed by atoms with van der Waals surface area (Å²) in [6.07, 6.45) is 4.98. The fourth-order valence-corrected chi connectivity index (χ4v) is 4.88. The van der Waals surface area contributed by atoms with Crippen LogP contribution in [0.1, 0.15) is 55.7 Å². The predicted molar refractivity (Wildman–Crippen MR) is 129 cm³/mol. The number of carbonyl (C=O) groups excluding carboxylic acids is 2. The first-order valence-electron chi connectivity index (χ1n) is 11.0. The molecule has 2 aromatic heterocycles. The lowest BCUT2D eigenvalue weighted by Crippen LogP contribution is -2.42. The van der Waals surface area contributed by atoms with Crippen molar-refractivity contribution in [1.29, 1.82) is 0 Å². The fraction of sp³-hybridized carbons (Fsp3) is 0.500. The number of hydrogen-bond donors (Lipinski definition) is 0. The van der Waals surface area contributed by atoms with E-state index in [0.717, 1.165) is 40.3 Å². The number of rotatable bonds is 3. The number of fused-ring (bicyclic) bond motifs is 3. The lowest BCUT2D eigenvalue weighted by molar-refractivity contribution is 0.0189. The highest BCUT2D eigenvalue weighted by Crippen LogP contribution is 2.37. The number of piperidine rings is 1. The SMILES string of the molecule is COC(=O)c1c(C)n(C2CCN(C(=O)OC(C)(C)C)CC2)c2c1ccc1cnc(SC)nc12. The number of thioether (sulfide) groups is 1. The number of nitrogens with zero attached hydrogens (tertiary/aromatic N) is 4. The molecular formula is C24H30N4O4S. The Morgan fingerprint density at radius 3 is 2.48 bits per heavy atom. The minimum atomic E-state index is -0.524. The summed E-state index contributed by atoms with van der Waals surface area (Å²) >= 11 is 1.48. The molecule has 0 saturated carbocycles. The van der Waals surface area contributed by atoms with Gasteiger partial charge in [0.25, 0.3) is 0 Å². The van der Waals surface area contributed by atoms with E-state index < -0.39 is 5.60 Å². The number of esters is 1. The molecule has 0 spiro atoms. The van der Waals surface area contributed by atoms with Gasteiger partial charge in [0.2, 0.25) is 0 Å². The molecule has 33 heavy (non-hydrogen) atoms. The van der Waals surface area contributed by atoms with Crippen LogP contribution in [0.25, 0.3) is 21.8 Å². The maximum Gasteiger partial charge on any atom is 0.410 e. The van der Waals surface area contributed by atoms with Gasteiger partial charge in [-0.25, -0.2) is 19.6 Å².